The molecule has 0 spiro atoms. The molecule has 1 amide bonds. The quantitative estimate of drug-likeness (QED) is 0.192. The maximum absolute atomic E-state index is 15.3. The van der Waals surface area contributed by atoms with Gasteiger partial charge in [-0.1, -0.05) is 23.7 Å². The second-order valence-electron chi connectivity index (χ2n) is 8.87. The molecule has 0 aliphatic rings. The number of methoxy groups -OCH3 is 2. The van der Waals surface area contributed by atoms with Crippen LogP contribution in [0.2, 0.25) is 5.02 Å². The Morgan fingerprint density at radius 3 is 2.68 bits per heavy atom. The van der Waals surface area contributed by atoms with Gasteiger partial charge >= 0.3 is 6.09 Å². The number of nitrogens with zero attached hydrogens (tertiary/aromatic N) is 6. The van der Waals surface area contributed by atoms with Crippen LogP contribution >= 0.6 is 11.6 Å². The molecule has 3 aromatic heterocycles. The van der Waals surface area contributed by atoms with E-state index in [4.69, 9.17) is 20.5 Å². The van der Waals surface area contributed by atoms with Gasteiger partial charge in [0.1, 0.15) is 12.4 Å². The molecule has 1 atom stereocenters. The first-order valence-corrected chi connectivity index (χ1v) is 12.6. The first-order chi connectivity index (χ1) is 21.0. The lowest BCUT2D eigenvalue weighted by Crippen LogP contribution is -2.35. The third-order valence-corrected chi connectivity index (χ3v) is 6.75. The van der Waals surface area contributed by atoms with Crippen LogP contribution in [0.1, 0.15) is 22.3 Å². The topological polar surface area (TPSA) is 123 Å². The van der Waals surface area contributed by atoms with Crippen molar-refractivity contribution < 1.29 is 27.5 Å². The predicted octanol–water partition coefficient (Wildman–Crippen LogP) is 5.03. The van der Waals surface area contributed by atoms with E-state index in [0.717, 1.165) is 11.1 Å². The van der Waals surface area contributed by atoms with E-state index >= 15 is 4.39 Å². The van der Waals surface area contributed by atoms with Crippen molar-refractivity contribution in [1.29, 1.82) is 0 Å². The van der Waals surface area contributed by atoms with Crippen LogP contribution in [0.25, 0.3) is 27.9 Å². The maximum atomic E-state index is 15.3. The molecule has 0 saturated carbocycles. The van der Waals surface area contributed by atoms with Crippen LogP contribution in [-0.4, -0.2) is 51.6 Å². The zero-order chi connectivity index (χ0) is 31.4. The number of ether oxygens (including phenoxy) is 2. The van der Waals surface area contributed by atoms with E-state index in [1.54, 1.807) is 35.0 Å². The summed E-state index contributed by atoms with van der Waals surface area (Å²) in [5.41, 5.74) is 2.96. The molecule has 0 radical (unpaired) electrons. The summed E-state index contributed by atoms with van der Waals surface area (Å²) in [4.78, 5) is 11.5. The molecule has 0 aliphatic carbocycles. The molecule has 11 nitrogen and oxygen atoms in total. The summed E-state index contributed by atoms with van der Waals surface area (Å²) in [6.45, 7) is -0.170. The van der Waals surface area contributed by atoms with Gasteiger partial charge in [0.2, 0.25) is 5.69 Å². The molecular weight excluding hydrogens is 553 g/mol. The summed E-state index contributed by atoms with van der Waals surface area (Å²) in [5.74, 6) is -0.752. The smallest absolute Gasteiger partial charge is 0.411 e. The third kappa shape index (κ3) is 5.88. The number of hydrogen-bond acceptors (Lipinski definition) is 7. The zero-order valence-electron chi connectivity index (χ0n) is 24.6. The lowest BCUT2D eigenvalue weighted by molar-refractivity contribution is -0.615. The Labute approximate surface area is 243 Å². The minimum atomic E-state index is -2.61. The molecular formula is C28H25ClFN7O4. The number of benzene rings is 2. The Bertz CT molecular complexity index is 1770. The Morgan fingerprint density at radius 1 is 1.17 bits per heavy atom. The standard InChI is InChI=1S/C28H25ClFN7O4/c1-40-14-12-23(35-13-11-19(15-35)18-3-6-21(7-4-18)32-28(38)41-2)24-9-5-20(16-37(24)39)26-25(36-17-31-33-34-36)10-8-22(29)27(26)30/h3-11,13,15-17,23H,12,14H2,1-2H3,(H,32,38)/t23-/m0/s1/i1D3. The highest BCUT2D eigenvalue weighted by Crippen LogP contribution is 2.34. The Morgan fingerprint density at radius 2 is 1.98 bits per heavy atom. The SMILES string of the molecule is [2H]C([2H])([2H])OCC[C@@H](c1ccc(-c2c(-n3cnnn3)ccc(Cl)c2F)c[n+]1[O-])n1ccc(-c2ccc(NC(=O)OC)cc2)c1. The molecule has 0 saturated heterocycles. The number of carbonyl (C=O) groups excluding carboxylic acids is 1. The Kier molecular flexibility index (Phi) is 7.12. The van der Waals surface area contributed by atoms with Gasteiger partial charge in [-0.15, -0.1) is 5.10 Å². The van der Waals surface area contributed by atoms with Gasteiger partial charge in [0.25, 0.3) is 0 Å². The predicted molar refractivity (Wildman–Crippen MR) is 149 cm³/mol. The Balaban J connectivity index is 1.49. The van der Waals surface area contributed by atoms with Gasteiger partial charge in [0, 0.05) is 44.2 Å². The molecule has 5 aromatic rings. The van der Waals surface area contributed by atoms with E-state index in [1.807, 2.05) is 24.4 Å². The van der Waals surface area contributed by atoms with Crippen molar-refractivity contribution >= 4 is 23.4 Å². The lowest BCUT2D eigenvalue weighted by atomic mass is 10.0. The number of amides is 1. The fraction of sp³-hybridized carbons (Fsp3) is 0.179. The van der Waals surface area contributed by atoms with Crippen LogP contribution in [0.5, 0.6) is 0 Å². The number of tetrazole rings is 1. The van der Waals surface area contributed by atoms with Gasteiger partial charge in [0.05, 0.1) is 33.1 Å². The van der Waals surface area contributed by atoms with Gasteiger partial charge in [0.15, 0.2) is 12.0 Å². The van der Waals surface area contributed by atoms with Crippen LogP contribution in [-0.2, 0) is 9.47 Å². The summed E-state index contributed by atoms with van der Waals surface area (Å²) in [5, 5.41) is 27.0. The molecule has 2 aromatic carbocycles. The summed E-state index contributed by atoms with van der Waals surface area (Å²) < 4.78 is 50.8. The van der Waals surface area contributed by atoms with Gasteiger partial charge in [-0.2, -0.15) is 9.41 Å². The van der Waals surface area contributed by atoms with Gasteiger partial charge in [-0.25, -0.2) is 9.18 Å². The van der Waals surface area contributed by atoms with Crippen molar-refractivity contribution in [3.63, 3.8) is 0 Å². The van der Waals surface area contributed by atoms with Gasteiger partial charge in [-0.3, -0.25) is 5.32 Å². The van der Waals surface area contributed by atoms with Crippen molar-refractivity contribution in [2.24, 2.45) is 0 Å². The first-order valence-electron chi connectivity index (χ1n) is 13.8. The Hall–Kier alpha value is -4.81. The normalized spacial score (nSPS) is 13.2. The highest BCUT2D eigenvalue weighted by Gasteiger charge is 2.25. The van der Waals surface area contributed by atoms with E-state index in [2.05, 4.69) is 25.6 Å². The highest BCUT2D eigenvalue weighted by molar-refractivity contribution is 6.31. The van der Waals surface area contributed by atoms with Crippen molar-refractivity contribution in [3.05, 3.63) is 101 Å². The summed E-state index contributed by atoms with van der Waals surface area (Å²) in [6, 6.07) is 14.2. The molecule has 3 heterocycles. The maximum Gasteiger partial charge on any atom is 0.411 e. The highest BCUT2D eigenvalue weighted by atomic mass is 35.5. The van der Waals surface area contributed by atoms with E-state index in [-0.39, 0.29) is 40.6 Å². The van der Waals surface area contributed by atoms with Crippen molar-refractivity contribution in [1.82, 2.24) is 24.8 Å². The number of rotatable bonds is 9. The van der Waals surface area contributed by atoms with Crippen LogP contribution in [0.3, 0.4) is 0 Å². The molecule has 0 bridgehead atoms. The number of aromatic nitrogens is 6. The fourth-order valence-electron chi connectivity index (χ4n) is 4.49. The number of carbonyl (C=O) groups is 1. The zero-order valence-corrected chi connectivity index (χ0v) is 22.3. The average molecular weight is 581 g/mol. The summed E-state index contributed by atoms with van der Waals surface area (Å²) in [7, 11) is -1.34. The molecule has 13 heteroatoms. The van der Waals surface area contributed by atoms with Crippen LogP contribution in [0.15, 0.2) is 79.5 Å². The molecule has 210 valence electrons. The number of hydrogen-bond donors (Lipinski definition) is 1. The number of nitrogens with one attached hydrogen (secondary N) is 1. The molecule has 41 heavy (non-hydrogen) atoms. The van der Waals surface area contributed by atoms with E-state index < -0.39 is 25.0 Å². The number of anilines is 1. The van der Waals surface area contributed by atoms with Gasteiger partial charge < -0.3 is 19.2 Å². The number of pyridine rings is 1. The molecule has 0 unspecified atom stereocenters. The summed E-state index contributed by atoms with van der Waals surface area (Å²) in [6.07, 6.45) is 5.62. The van der Waals surface area contributed by atoms with E-state index in [0.29, 0.717) is 10.4 Å². The minimum Gasteiger partial charge on any atom is -0.618 e. The summed E-state index contributed by atoms with van der Waals surface area (Å²) >= 11 is 6.07. The lowest BCUT2D eigenvalue weighted by Gasteiger charge is -2.19. The van der Waals surface area contributed by atoms with Crippen molar-refractivity contribution in [2.75, 3.05) is 26.1 Å². The molecule has 0 aliphatic heterocycles. The molecule has 0 fully saturated rings. The molecule has 1 N–H and O–H groups in total. The van der Waals surface area contributed by atoms with Crippen LogP contribution in [0, 0.1) is 11.0 Å². The third-order valence-electron chi connectivity index (χ3n) is 6.46. The monoisotopic (exact) mass is 580 g/mol. The molecule has 5 rings (SSSR count). The largest absolute Gasteiger partial charge is 0.618 e. The average Bonchev–Trinajstić information content (AvgIpc) is 3.70. The van der Waals surface area contributed by atoms with E-state index in [9.17, 15) is 10.0 Å². The second kappa shape index (κ2) is 12.1. The van der Waals surface area contributed by atoms with Crippen molar-refractivity contribution in [3.8, 4) is 27.9 Å². The van der Waals surface area contributed by atoms with Gasteiger partial charge in [-0.05, 0) is 58.0 Å². The van der Waals surface area contributed by atoms with E-state index in [1.165, 1.54) is 36.4 Å². The minimum absolute atomic E-state index is 0.0246. The van der Waals surface area contributed by atoms with Crippen LogP contribution < -0.4 is 10.0 Å². The van der Waals surface area contributed by atoms with Crippen molar-refractivity contribution in [2.45, 2.75) is 12.5 Å². The number of halogens is 2. The second-order valence-corrected chi connectivity index (χ2v) is 9.28. The fourth-order valence-corrected chi connectivity index (χ4v) is 4.65. The first kappa shape index (κ1) is 24.0. The van der Waals surface area contributed by atoms with Crippen LogP contribution in [0.4, 0.5) is 14.9 Å².